The lowest BCUT2D eigenvalue weighted by atomic mass is 9.85. The highest BCUT2D eigenvalue weighted by molar-refractivity contribution is 5.92. The van der Waals surface area contributed by atoms with Crippen LogP contribution in [-0.4, -0.2) is 50.6 Å². The number of likely N-dealkylation sites (tertiary alicyclic amines) is 1. The van der Waals surface area contributed by atoms with Gasteiger partial charge in [0.15, 0.2) is 0 Å². The largest absolute Gasteiger partial charge is 0.497 e. The Morgan fingerprint density at radius 1 is 1.13 bits per heavy atom. The van der Waals surface area contributed by atoms with Crippen LogP contribution in [0, 0.1) is 12.8 Å². The number of amides is 3. The summed E-state index contributed by atoms with van der Waals surface area (Å²) >= 11 is 0. The first-order chi connectivity index (χ1) is 15.0. The zero-order valence-corrected chi connectivity index (χ0v) is 18.5. The van der Waals surface area contributed by atoms with Crippen molar-refractivity contribution in [3.63, 3.8) is 0 Å². The molecular weight excluding hydrogens is 392 g/mol. The lowest BCUT2D eigenvalue weighted by Gasteiger charge is -2.39. The summed E-state index contributed by atoms with van der Waals surface area (Å²) in [6.45, 7) is 3.49. The molecule has 1 fully saturated rings. The van der Waals surface area contributed by atoms with Crippen molar-refractivity contribution in [3.05, 3.63) is 59.7 Å². The number of methoxy groups -OCH3 is 1. The van der Waals surface area contributed by atoms with Crippen LogP contribution < -0.4 is 20.7 Å². The molecule has 0 saturated carbocycles. The SMILES string of the molecule is COc1ccc(C2C(CNC(=O)CNC(=O)Nc3cccc(C)c3)CCCN2C)cc1. The summed E-state index contributed by atoms with van der Waals surface area (Å²) in [5.41, 5.74) is 2.97. The van der Waals surface area contributed by atoms with Crippen molar-refractivity contribution >= 4 is 17.6 Å². The van der Waals surface area contributed by atoms with E-state index in [9.17, 15) is 9.59 Å². The first kappa shape index (κ1) is 22.6. The second-order valence-electron chi connectivity index (χ2n) is 8.08. The van der Waals surface area contributed by atoms with E-state index in [1.54, 1.807) is 7.11 Å². The summed E-state index contributed by atoms with van der Waals surface area (Å²) in [6.07, 6.45) is 2.14. The van der Waals surface area contributed by atoms with E-state index in [0.29, 0.717) is 18.2 Å². The summed E-state index contributed by atoms with van der Waals surface area (Å²) in [6, 6.07) is 15.5. The smallest absolute Gasteiger partial charge is 0.319 e. The molecule has 0 bridgehead atoms. The van der Waals surface area contributed by atoms with Crippen LogP contribution in [0.2, 0.25) is 0 Å². The van der Waals surface area contributed by atoms with E-state index in [-0.39, 0.29) is 18.5 Å². The Kier molecular flexibility index (Phi) is 7.89. The monoisotopic (exact) mass is 424 g/mol. The number of piperidine rings is 1. The third-order valence-electron chi connectivity index (χ3n) is 5.71. The number of hydrogen-bond donors (Lipinski definition) is 3. The molecule has 2 aromatic rings. The van der Waals surface area contributed by atoms with Gasteiger partial charge in [0, 0.05) is 18.3 Å². The van der Waals surface area contributed by atoms with E-state index in [0.717, 1.165) is 30.7 Å². The lowest BCUT2D eigenvalue weighted by molar-refractivity contribution is -0.120. The van der Waals surface area contributed by atoms with Crippen molar-refractivity contribution in [3.8, 4) is 5.75 Å². The van der Waals surface area contributed by atoms with Crippen LogP contribution in [0.5, 0.6) is 5.75 Å². The van der Waals surface area contributed by atoms with Gasteiger partial charge in [-0.3, -0.25) is 9.69 Å². The molecule has 2 unspecified atom stereocenters. The van der Waals surface area contributed by atoms with Crippen molar-refractivity contribution in [2.45, 2.75) is 25.8 Å². The second kappa shape index (κ2) is 10.8. The minimum atomic E-state index is -0.394. The summed E-state index contributed by atoms with van der Waals surface area (Å²) in [5.74, 6) is 0.945. The molecule has 3 N–H and O–H groups in total. The van der Waals surface area contributed by atoms with Gasteiger partial charge in [-0.1, -0.05) is 24.3 Å². The topological polar surface area (TPSA) is 82.7 Å². The molecule has 1 aliphatic heterocycles. The van der Waals surface area contributed by atoms with Gasteiger partial charge in [-0.15, -0.1) is 0 Å². The molecule has 166 valence electrons. The molecule has 0 aromatic heterocycles. The van der Waals surface area contributed by atoms with Crippen LogP contribution in [0.3, 0.4) is 0 Å². The quantitative estimate of drug-likeness (QED) is 0.637. The minimum absolute atomic E-state index is 0.0621. The summed E-state index contributed by atoms with van der Waals surface area (Å²) in [5, 5.41) is 8.35. The number of aryl methyl sites for hydroxylation is 1. The molecule has 1 aliphatic rings. The van der Waals surface area contributed by atoms with Gasteiger partial charge in [0.1, 0.15) is 5.75 Å². The minimum Gasteiger partial charge on any atom is -0.497 e. The molecule has 2 aromatic carbocycles. The molecule has 0 spiro atoms. The fourth-order valence-electron chi connectivity index (χ4n) is 4.17. The lowest BCUT2D eigenvalue weighted by Crippen LogP contribution is -2.44. The van der Waals surface area contributed by atoms with E-state index in [1.165, 1.54) is 5.56 Å². The number of ether oxygens (including phenoxy) is 1. The van der Waals surface area contributed by atoms with Gasteiger partial charge in [0.25, 0.3) is 0 Å². The van der Waals surface area contributed by atoms with E-state index >= 15 is 0 Å². The van der Waals surface area contributed by atoms with E-state index in [1.807, 2.05) is 43.3 Å². The summed E-state index contributed by atoms with van der Waals surface area (Å²) in [7, 11) is 3.79. The van der Waals surface area contributed by atoms with Crippen LogP contribution in [0.4, 0.5) is 10.5 Å². The standard InChI is InChI=1S/C24H32N4O3/c1-17-6-4-8-20(14-17)27-24(30)26-16-22(29)25-15-19-7-5-13-28(2)23(19)18-9-11-21(31-3)12-10-18/h4,6,8-12,14,19,23H,5,7,13,15-16H2,1-3H3,(H,25,29)(H2,26,27,30). The Bertz CT molecular complexity index is 885. The third-order valence-corrected chi connectivity index (χ3v) is 5.71. The number of rotatable bonds is 7. The number of carbonyl (C=O) groups excluding carboxylic acids is 2. The van der Waals surface area contributed by atoms with Gasteiger partial charge in [-0.05, 0) is 74.7 Å². The first-order valence-corrected chi connectivity index (χ1v) is 10.7. The number of benzene rings is 2. The van der Waals surface area contributed by atoms with Crippen LogP contribution >= 0.6 is 0 Å². The van der Waals surface area contributed by atoms with E-state index in [2.05, 4.69) is 40.0 Å². The zero-order valence-electron chi connectivity index (χ0n) is 18.5. The van der Waals surface area contributed by atoms with Crippen molar-refractivity contribution in [1.29, 1.82) is 0 Å². The normalized spacial score (nSPS) is 18.8. The molecule has 7 heteroatoms. The van der Waals surface area contributed by atoms with Gasteiger partial charge in [0.2, 0.25) is 5.91 Å². The predicted octanol–water partition coefficient (Wildman–Crippen LogP) is 3.32. The second-order valence-corrected chi connectivity index (χ2v) is 8.08. The van der Waals surface area contributed by atoms with Crippen LogP contribution in [0.1, 0.15) is 30.0 Å². The molecule has 31 heavy (non-hydrogen) atoms. The Hall–Kier alpha value is -3.06. The van der Waals surface area contributed by atoms with Gasteiger partial charge >= 0.3 is 6.03 Å². The fourth-order valence-corrected chi connectivity index (χ4v) is 4.17. The maximum atomic E-state index is 12.3. The molecule has 3 rings (SSSR count). The molecule has 7 nitrogen and oxygen atoms in total. The summed E-state index contributed by atoms with van der Waals surface area (Å²) in [4.78, 5) is 26.7. The van der Waals surface area contributed by atoms with Crippen molar-refractivity contribution in [2.75, 3.05) is 39.1 Å². The van der Waals surface area contributed by atoms with Crippen LogP contribution in [-0.2, 0) is 4.79 Å². The number of anilines is 1. The highest BCUT2D eigenvalue weighted by Crippen LogP contribution is 2.35. The van der Waals surface area contributed by atoms with Crippen molar-refractivity contribution in [1.82, 2.24) is 15.5 Å². The van der Waals surface area contributed by atoms with Crippen molar-refractivity contribution in [2.24, 2.45) is 5.92 Å². The molecule has 0 aliphatic carbocycles. The Morgan fingerprint density at radius 2 is 1.90 bits per heavy atom. The average molecular weight is 425 g/mol. The maximum absolute atomic E-state index is 12.3. The van der Waals surface area contributed by atoms with Crippen LogP contribution in [0.25, 0.3) is 0 Å². The summed E-state index contributed by atoms with van der Waals surface area (Å²) < 4.78 is 5.27. The number of carbonyl (C=O) groups is 2. The Balaban J connectivity index is 1.49. The third kappa shape index (κ3) is 6.46. The Labute approximate surface area is 184 Å². The number of urea groups is 1. The number of nitrogens with one attached hydrogen (secondary N) is 3. The fraction of sp³-hybridized carbons (Fsp3) is 0.417. The van der Waals surface area contributed by atoms with E-state index < -0.39 is 6.03 Å². The van der Waals surface area contributed by atoms with Crippen LogP contribution in [0.15, 0.2) is 48.5 Å². The van der Waals surface area contributed by atoms with E-state index in [4.69, 9.17) is 4.74 Å². The predicted molar refractivity (Wildman–Crippen MR) is 122 cm³/mol. The van der Waals surface area contributed by atoms with Gasteiger partial charge < -0.3 is 20.7 Å². The molecule has 2 atom stereocenters. The average Bonchev–Trinajstić information content (AvgIpc) is 2.76. The van der Waals surface area contributed by atoms with Gasteiger partial charge in [-0.25, -0.2) is 4.79 Å². The number of nitrogens with zero attached hydrogens (tertiary/aromatic N) is 1. The maximum Gasteiger partial charge on any atom is 0.319 e. The molecule has 1 heterocycles. The zero-order chi connectivity index (χ0) is 22.2. The van der Waals surface area contributed by atoms with Gasteiger partial charge in [0.05, 0.1) is 13.7 Å². The van der Waals surface area contributed by atoms with Crippen molar-refractivity contribution < 1.29 is 14.3 Å². The highest BCUT2D eigenvalue weighted by Gasteiger charge is 2.30. The first-order valence-electron chi connectivity index (χ1n) is 10.7. The molecule has 3 amide bonds. The molecule has 0 radical (unpaired) electrons. The Morgan fingerprint density at radius 3 is 2.61 bits per heavy atom. The molecular formula is C24H32N4O3. The van der Waals surface area contributed by atoms with Gasteiger partial charge in [-0.2, -0.15) is 0 Å². The number of hydrogen-bond acceptors (Lipinski definition) is 4. The molecule has 1 saturated heterocycles. The highest BCUT2D eigenvalue weighted by atomic mass is 16.5.